The van der Waals surface area contributed by atoms with Crippen LogP contribution in [0.1, 0.15) is 17.2 Å². The highest BCUT2D eigenvalue weighted by molar-refractivity contribution is 6.31. The van der Waals surface area contributed by atoms with Crippen molar-refractivity contribution in [1.82, 2.24) is 35.0 Å². The molecule has 7 nitrogen and oxygen atoms in total. The number of hydrogen-bond acceptors (Lipinski definition) is 5. The summed E-state index contributed by atoms with van der Waals surface area (Å²) in [6.45, 7) is 2.63. The monoisotopic (exact) mass is 321 g/mol. The van der Waals surface area contributed by atoms with E-state index in [1.54, 1.807) is 21.5 Å². The third kappa shape index (κ3) is 2.96. The highest BCUT2D eigenvalue weighted by Gasteiger charge is 2.12. The Morgan fingerprint density at radius 3 is 2.86 bits per heavy atom. The number of aryl methyl sites for hydroxylation is 3. The maximum atomic E-state index is 13.9. The van der Waals surface area contributed by atoms with Crippen molar-refractivity contribution in [3.8, 4) is 0 Å². The first-order chi connectivity index (χ1) is 10.6. The second-order valence-corrected chi connectivity index (χ2v) is 5.14. The predicted molar refractivity (Wildman–Crippen MR) is 76.8 cm³/mol. The molecule has 0 saturated heterocycles. The van der Waals surface area contributed by atoms with Gasteiger partial charge >= 0.3 is 0 Å². The number of aromatic nitrogens is 7. The summed E-state index contributed by atoms with van der Waals surface area (Å²) < 4.78 is 17.2. The van der Waals surface area contributed by atoms with Crippen molar-refractivity contribution >= 4 is 11.6 Å². The third-order valence-corrected chi connectivity index (χ3v) is 3.68. The fourth-order valence-corrected chi connectivity index (χ4v) is 2.33. The van der Waals surface area contributed by atoms with Crippen LogP contribution in [-0.2, 0) is 19.5 Å². The van der Waals surface area contributed by atoms with E-state index in [0.29, 0.717) is 29.4 Å². The zero-order chi connectivity index (χ0) is 15.5. The van der Waals surface area contributed by atoms with Crippen LogP contribution in [0.25, 0.3) is 0 Å². The first-order valence-corrected chi connectivity index (χ1v) is 7.05. The molecule has 1 aromatic carbocycles. The molecular weight excluding hydrogens is 309 g/mol. The van der Waals surface area contributed by atoms with Gasteiger partial charge in [-0.1, -0.05) is 17.7 Å². The van der Waals surface area contributed by atoms with Crippen molar-refractivity contribution in [3.05, 3.63) is 52.6 Å². The van der Waals surface area contributed by atoms with Gasteiger partial charge in [0.25, 0.3) is 0 Å². The van der Waals surface area contributed by atoms with Gasteiger partial charge in [-0.2, -0.15) is 5.10 Å². The normalized spacial score (nSPS) is 11.0. The Labute approximate surface area is 130 Å². The summed E-state index contributed by atoms with van der Waals surface area (Å²) in [6, 6.07) is 4.60. The summed E-state index contributed by atoms with van der Waals surface area (Å²) in [6.07, 6.45) is 2.02. The van der Waals surface area contributed by atoms with Crippen molar-refractivity contribution in [3.63, 3.8) is 0 Å². The Morgan fingerprint density at radius 2 is 2.14 bits per heavy atom. The van der Waals surface area contributed by atoms with Gasteiger partial charge in [-0.3, -0.25) is 0 Å². The van der Waals surface area contributed by atoms with Crippen LogP contribution in [-0.4, -0.2) is 35.0 Å². The van der Waals surface area contributed by atoms with E-state index in [1.165, 1.54) is 12.4 Å². The van der Waals surface area contributed by atoms with E-state index in [-0.39, 0.29) is 12.4 Å². The Hall–Kier alpha value is -2.35. The first kappa shape index (κ1) is 14.6. The number of tetrazole rings is 1. The highest BCUT2D eigenvalue weighted by Crippen LogP contribution is 2.20. The molecule has 0 bridgehead atoms. The quantitative estimate of drug-likeness (QED) is 0.714. The second-order valence-electron chi connectivity index (χ2n) is 4.73. The van der Waals surface area contributed by atoms with Gasteiger partial charge < -0.3 is 0 Å². The van der Waals surface area contributed by atoms with Gasteiger partial charge in [0.15, 0.2) is 0 Å². The topological polar surface area (TPSA) is 74.3 Å². The molecule has 2 aromatic heterocycles. The lowest BCUT2D eigenvalue weighted by atomic mass is 10.2. The summed E-state index contributed by atoms with van der Waals surface area (Å²) in [4.78, 5) is 4.21. The zero-order valence-corrected chi connectivity index (χ0v) is 12.6. The number of halogens is 2. The molecule has 0 aliphatic carbocycles. The van der Waals surface area contributed by atoms with Crippen molar-refractivity contribution < 1.29 is 4.39 Å². The molecule has 2 heterocycles. The largest absolute Gasteiger partial charge is 0.245 e. The molecule has 22 heavy (non-hydrogen) atoms. The third-order valence-electron chi connectivity index (χ3n) is 3.32. The van der Waals surface area contributed by atoms with Gasteiger partial charge in [-0.15, -0.1) is 5.10 Å². The number of nitrogens with zero attached hydrogens (tertiary/aromatic N) is 7. The lowest BCUT2D eigenvalue weighted by molar-refractivity contribution is 0.532. The fourth-order valence-electron chi connectivity index (χ4n) is 2.11. The van der Waals surface area contributed by atoms with Crippen molar-refractivity contribution in [1.29, 1.82) is 0 Å². The second kappa shape index (κ2) is 6.18. The summed E-state index contributed by atoms with van der Waals surface area (Å²) in [5, 5.41) is 15.8. The Morgan fingerprint density at radius 1 is 1.27 bits per heavy atom. The van der Waals surface area contributed by atoms with Gasteiger partial charge in [0.05, 0.1) is 13.1 Å². The average Bonchev–Trinajstić information content (AvgIpc) is 3.10. The Balaban J connectivity index is 1.76. The maximum absolute atomic E-state index is 13.9. The molecule has 0 saturated carbocycles. The van der Waals surface area contributed by atoms with E-state index in [1.807, 2.05) is 6.92 Å². The van der Waals surface area contributed by atoms with E-state index in [4.69, 9.17) is 11.6 Å². The smallest absolute Gasteiger partial charge is 0.148 e. The Kier molecular flexibility index (Phi) is 4.10. The van der Waals surface area contributed by atoms with Crippen LogP contribution < -0.4 is 0 Å². The molecule has 0 aliphatic heterocycles. The van der Waals surface area contributed by atoms with Gasteiger partial charge in [0, 0.05) is 17.0 Å². The van der Waals surface area contributed by atoms with Crippen LogP contribution in [0, 0.1) is 12.7 Å². The van der Waals surface area contributed by atoms with Crippen LogP contribution in [0.3, 0.4) is 0 Å². The SMILES string of the molecule is Cc1nnnn1CCc1ncnn1Cc1c(F)cccc1Cl. The van der Waals surface area contributed by atoms with Gasteiger partial charge in [-0.05, 0) is 29.5 Å². The highest BCUT2D eigenvalue weighted by atomic mass is 35.5. The summed E-state index contributed by atoms with van der Waals surface area (Å²) in [5.41, 5.74) is 0.398. The van der Waals surface area contributed by atoms with Gasteiger partial charge in [-0.25, -0.2) is 18.7 Å². The van der Waals surface area contributed by atoms with Crippen LogP contribution >= 0.6 is 11.6 Å². The number of hydrogen-bond donors (Lipinski definition) is 0. The minimum Gasteiger partial charge on any atom is -0.245 e. The average molecular weight is 322 g/mol. The lowest BCUT2D eigenvalue weighted by Gasteiger charge is -2.09. The molecule has 0 fully saturated rings. The summed E-state index contributed by atoms with van der Waals surface area (Å²) >= 11 is 6.05. The minimum absolute atomic E-state index is 0.232. The van der Waals surface area contributed by atoms with Crippen molar-refractivity contribution in [2.75, 3.05) is 0 Å². The molecule has 0 unspecified atom stereocenters. The first-order valence-electron chi connectivity index (χ1n) is 6.67. The molecular formula is C13H13ClFN7. The molecule has 0 spiro atoms. The van der Waals surface area contributed by atoms with E-state index in [9.17, 15) is 4.39 Å². The van der Waals surface area contributed by atoms with E-state index >= 15 is 0 Å². The molecule has 0 aliphatic rings. The van der Waals surface area contributed by atoms with E-state index in [0.717, 1.165) is 5.82 Å². The van der Waals surface area contributed by atoms with Crippen LogP contribution in [0.2, 0.25) is 5.02 Å². The molecule has 9 heteroatoms. The number of rotatable bonds is 5. The van der Waals surface area contributed by atoms with Crippen LogP contribution in [0.4, 0.5) is 4.39 Å². The molecule has 0 N–H and O–H groups in total. The van der Waals surface area contributed by atoms with Crippen LogP contribution in [0.5, 0.6) is 0 Å². The molecule has 3 aromatic rings. The zero-order valence-electron chi connectivity index (χ0n) is 11.8. The fraction of sp³-hybridized carbons (Fsp3) is 0.308. The summed E-state index contributed by atoms with van der Waals surface area (Å²) in [5.74, 6) is 1.09. The van der Waals surface area contributed by atoms with Crippen molar-refractivity contribution in [2.45, 2.75) is 26.4 Å². The van der Waals surface area contributed by atoms with E-state index < -0.39 is 0 Å². The van der Waals surface area contributed by atoms with Crippen molar-refractivity contribution in [2.24, 2.45) is 0 Å². The molecule has 3 rings (SSSR count). The number of benzene rings is 1. The van der Waals surface area contributed by atoms with E-state index in [2.05, 4.69) is 25.6 Å². The molecule has 0 radical (unpaired) electrons. The predicted octanol–water partition coefficient (Wildman–Crippen LogP) is 1.66. The Bertz CT molecular complexity index is 762. The lowest BCUT2D eigenvalue weighted by Crippen LogP contribution is -2.13. The maximum Gasteiger partial charge on any atom is 0.148 e. The van der Waals surface area contributed by atoms with Gasteiger partial charge in [0.1, 0.15) is 23.8 Å². The van der Waals surface area contributed by atoms with Crippen LogP contribution in [0.15, 0.2) is 24.5 Å². The summed E-state index contributed by atoms with van der Waals surface area (Å²) in [7, 11) is 0. The van der Waals surface area contributed by atoms with Gasteiger partial charge in [0.2, 0.25) is 0 Å². The molecule has 114 valence electrons. The molecule has 0 amide bonds. The minimum atomic E-state index is -0.356. The molecule has 0 atom stereocenters. The standard InChI is InChI=1S/C13H13ClFN7/c1-9-18-19-20-21(9)6-5-13-16-8-17-22(13)7-10-11(14)3-2-4-12(10)15/h2-4,8H,5-7H2,1H3.